The van der Waals surface area contributed by atoms with Crippen LogP contribution in [0.4, 0.5) is 5.69 Å². The van der Waals surface area contributed by atoms with E-state index >= 15 is 0 Å². The van der Waals surface area contributed by atoms with E-state index in [9.17, 15) is 0 Å². The molecule has 2 aromatic rings. The Labute approximate surface area is 126 Å². The average molecular weight is 282 g/mol. The highest BCUT2D eigenvalue weighted by Gasteiger charge is 2.27. The van der Waals surface area contributed by atoms with Crippen LogP contribution in [0.3, 0.4) is 0 Å². The van der Waals surface area contributed by atoms with E-state index in [1.54, 1.807) is 0 Å². The Bertz CT molecular complexity index is 624. The third-order valence-electron chi connectivity index (χ3n) is 4.13. The van der Waals surface area contributed by atoms with Crippen LogP contribution in [0, 0.1) is 0 Å². The van der Waals surface area contributed by atoms with E-state index in [2.05, 4.69) is 35.2 Å². The van der Waals surface area contributed by atoms with E-state index in [0.717, 1.165) is 24.3 Å². The molecule has 0 radical (unpaired) electrons. The van der Waals surface area contributed by atoms with Crippen LogP contribution >= 0.6 is 0 Å². The third-order valence-corrected chi connectivity index (χ3v) is 4.13. The Balaban J connectivity index is 1.79. The predicted molar refractivity (Wildman–Crippen MR) is 86.9 cm³/mol. The van der Waals surface area contributed by atoms with Crippen molar-refractivity contribution in [3.8, 4) is 5.75 Å². The van der Waals surface area contributed by atoms with E-state index in [-0.39, 0.29) is 12.1 Å². The zero-order valence-electron chi connectivity index (χ0n) is 12.6. The van der Waals surface area contributed by atoms with Crippen molar-refractivity contribution in [2.24, 2.45) is 5.73 Å². The summed E-state index contributed by atoms with van der Waals surface area (Å²) in [5.74, 6) is 0.890. The molecule has 110 valence electrons. The lowest BCUT2D eigenvalue weighted by atomic mass is 9.86. The lowest BCUT2D eigenvalue weighted by Gasteiger charge is -2.31. The second-order valence-electron chi connectivity index (χ2n) is 5.81. The maximum Gasteiger partial charge on any atom is 0.121 e. The van der Waals surface area contributed by atoms with E-state index in [4.69, 9.17) is 10.5 Å². The maximum absolute atomic E-state index is 6.40. The van der Waals surface area contributed by atoms with Gasteiger partial charge in [0.1, 0.15) is 11.9 Å². The lowest BCUT2D eigenvalue weighted by molar-refractivity contribution is 0.153. The molecule has 3 nitrogen and oxygen atoms in total. The molecule has 0 amide bonds. The second-order valence-corrected chi connectivity index (χ2v) is 5.81. The predicted octanol–water partition coefficient (Wildman–Crippen LogP) is 3.15. The van der Waals surface area contributed by atoms with Gasteiger partial charge in [-0.3, -0.25) is 0 Å². The Morgan fingerprint density at radius 3 is 2.71 bits per heavy atom. The molecule has 0 fully saturated rings. The summed E-state index contributed by atoms with van der Waals surface area (Å²) >= 11 is 0. The van der Waals surface area contributed by atoms with Crippen molar-refractivity contribution >= 4 is 5.69 Å². The molecular weight excluding hydrogens is 260 g/mol. The minimum atomic E-state index is -0.0574. The van der Waals surface area contributed by atoms with Crippen LogP contribution in [0.15, 0.2) is 48.5 Å². The molecule has 2 unspecified atom stereocenters. The number of ether oxygens (including phenoxy) is 1. The van der Waals surface area contributed by atoms with Crippen molar-refractivity contribution in [2.75, 3.05) is 19.0 Å². The number of hydrogen-bond donors (Lipinski definition) is 1. The van der Waals surface area contributed by atoms with E-state index < -0.39 is 0 Å². The highest BCUT2D eigenvalue weighted by Crippen LogP contribution is 2.31. The first-order chi connectivity index (χ1) is 10.1. The molecule has 2 aromatic carbocycles. The lowest BCUT2D eigenvalue weighted by Crippen LogP contribution is -2.35. The number of benzene rings is 2. The van der Waals surface area contributed by atoms with Gasteiger partial charge in [0.05, 0.1) is 6.04 Å². The fourth-order valence-electron chi connectivity index (χ4n) is 2.91. The van der Waals surface area contributed by atoms with Crippen molar-refractivity contribution in [3.63, 3.8) is 0 Å². The molecule has 2 N–H and O–H groups in total. The van der Waals surface area contributed by atoms with Gasteiger partial charge in [-0.15, -0.1) is 0 Å². The van der Waals surface area contributed by atoms with Gasteiger partial charge in [-0.05, 0) is 36.1 Å². The van der Waals surface area contributed by atoms with Crippen LogP contribution in [-0.2, 0) is 6.42 Å². The zero-order valence-corrected chi connectivity index (χ0v) is 12.6. The summed E-state index contributed by atoms with van der Waals surface area (Å²) in [6.45, 7) is 0. The van der Waals surface area contributed by atoms with Crippen LogP contribution in [-0.4, -0.2) is 20.2 Å². The fourth-order valence-corrected chi connectivity index (χ4v) is 2.91. The zero-order chi connectivity index (χ0) is 14.8. The molecule has 1 aliphatic rings. The van der Waals surface area contributed by atoms with Gasteiger partial charge in [-0.25, -0.2) is 0 Å². The van der Waals surface area contributed by atoms with Crippen molar-refractivity contribution in [3.05, 3.63) is 59.7 Å². The van der Waals surface area contributed by atoms with Gasteiger partial charge in [-0.2, -0.15) is 0 Å². The topological polar surface area (TPSA) is 38.5 Å². The average Bonchev–Trinajstić information content (AvgIpc) is 2.51. The van der Waals surface area contributed by atoms with E-state index in [0.29, 0.717) is 0 Å². The van der Waals surface area contributed by atoms with Crippen molar-refractivity contribution in [2.45, 2.75) is 25.0 Å². The summed E-state index contributed by atoms with van der Waals surface area (Å²) in [5, 5.41) is 0. The Hall–Kier alpha value is -2.00. The Morgan fingerprint density at radius 2 is 1.90 bits per heavy atom. The number of anilines is 1. The molecule has 0 aliphatic heterocycles. The molecule has 0 saturated carbocycles. The normalized spacial score (nSPS) is 20.7. The summed E-state index contributed by atoms with van der Waals surface area (Å²) in [7, 11) is 4.06. The van der Waals surface area contributed by atoms with Crippen molar-refractivity contribution < 1.29 is 4.74 Å². The third kappa shape index (κ3) is 2.88. The quantitative estimate of drug-likeness (QED) is 0.940. The first-order valence-electron chi connectivity index (χ1n) is 7.42. The van der Waals surface area contributed by atoms with Crippen LogP contribution < -0.4 is 15.4 Å². The summed E-state index contributed by atoms with van der Waals surface area (Å²) in [6.07, 6.45) is 2.03. The molecule has 0 saturated heterocycles. The van der Waals surface area contributed by atoms with Gasteiger partial charge in [0.15, 0.2) is 0 Å². The fraction of sp³-hybridized carbons (Fsp3) is 0.333. The van der Waals surface area contributed by atoms with E-state index in [1.165, 1.54) is 11.1 Å². The van der Waals surface area contributed by atoms with Crippen LogP contribution in [0.2, 0.25) is 0 Å². The molecule has 3 rings (SSSR count). The number of hydrogen-bond acceptors (Lipinski definition) is 3. The monoisotopic (exact) mass is 282 g/mol. The SMILES string of the molecule is CN(C)c1cccc(OC2CCc3ccccc3C2N)c1. The van der Waals surface area contributed by atoms with Crippen molar-refractivity contribution in [1.82, 2.24) is 0 Å². The summed E-state index contributed by atoms with van der Waals surface area (Å²) in [5.41, 5.74) is 10.1. The summed E-state index contributed by atoms with van der Waals surface area (Å²) < 4.78 is 6.16. The van der Waals surface area contributed by atoms with Gasteiger partial charge in [0.2, 0.25) is 0 Å². The smallest absolute Gasteiger partial charge is 0.121 e. The molecule has 2 atom stereocenters. The molecule has 0 aromatic heterocycles. The molecule has 0 heterocycles. The van der Waals surface area contributed by atoms with Gasteiger partial charge < -0.3 is 15.4 Å². The number of nitrogens with zero attached hydrogens (tertiary/aromatic N) is 1. The summed E-state index contributed by atoms with van der Waals surface area (Å²) in [6, 6.07) is 16.5. The van der Waals surface area contributed by atoms with E-state index in [1.807, 2.05) is 32.3 Å². The van der Waals surface area contributed by atoms with Crippen molar-refractivity contribution in [1.29, 1.82) is 0 Å². The standard InChI is InChI=1S/C18H22N2O/c1-20(2)14-7-5-8-15(12-14)21-17-11-10-13-6-3-4-9-16(13)18(17)19/h3-9,12,17-18H,10-11,19H2,1-2H3. The van der Waals surface area contributed by atoms with Crippen LogP contribution in [0.5, 0.6) is 5.75 Å². The molecule has 1 aliphatic carbocycles. The van der Waals surface area contributed by atoms with Gasteiger partial charge >= 0.3 is 0 Å². The minimum absolute atomic E-state index is 0.0392. The molecule has 0 spiro atoms. The first-order valence-corrected chi connectivity index (χ1v) is 7.42. The number of nitrogens with two attached hydrogens (primary N) is 1. The first kappa shape index (κ1) is 14.0. The second kappa shape index (κ2) is 5.78. The molecular formula is C18H22N2O. The number of fused-ring (bicyclic) bond motifs is 1. The number of aryl methyl sites for hydroxylation is 1. The Morgan fingerprint density at radius 1 is 1.10 bits per heavy atom. The van der Waals surface area contributed by atoms with Gasteiger partial charge in [0, 0.05) is 25.8 Å². The maximum atomic E-state index is 6.40. The Kier molecular flexibility index (Phi) is 3.84. The van der Waals surface area contributed by atoms with Crippen LogP contribution in [0.1, 0.15) is 23.6 Å². The largest absolute Gasteiger partial charge is 0.488 e. The van der Waals surface area contributed by atoms with Gasteiger partial charge in [0.25, 0.3) is 0 Å². The van der Waals surface area contributed by atoms with Gasteiger partial charge in [-0.1, -0.05) is 30.3 Å². The minimum Gasteiger partial charge on any atom is -0.488 e. The highest BCUT2D eigenvalue weighted by atomic mass is 16.5. The highest BCUT2D eigenvalue weighted by molar-refractivity contribution is 5.49. The number of rotatable bonds is 3. The van der Waals surface area contributed by atoms with Crippen LogP contribution in [0.25, 0.3) is 0 Å². The summed E-state index contributed by atoms with van der Waals surface area (Å²) in [4.78, 5) is 2.07. The molecule has 21 heavy (non-hydrogen) atoms. The molecule has 0 bridgehead atoms. The molecule has 3 heteroatoms.